The van der Waals surface area contributed by atoms with Crippen molar-refractivity contribution in [3.63, 3.8) is 0 Å². The molecular weight excluding hydrogens is 348 g/mol. The number of nitrogens with zero attached hydrogens (tertiary/aromatic N) is 4. The van der Waals surface area contributed by atoms with Gasteiger partial charge in [-0.1, -0.05) is 0 Å². The highest BCUT2D eigenvalue weighted by Gasteiger charge is 2.24. The Hall–Kier alpha value is -2.81. The summed E-state index contributed by atoms with van der Waals surface area (Å²) in [7, 11) is 3.24. The van der Waals surface area contributed by atoms with Crippen LogP contribution >= 0.6 is 0 Å². The molecule has 2 aromatic rings. The van der Waals surface area contributed by atoms with Gasteiger partial charge in [-0.25, -0.2) is 9.78 Å². The lowest BCUT2D eigenvalue weighted by Gasteiger charge is -2.35. The van der Waals surface area contributed by atoms with Gasteiger partial charge in [-0.3, -0.25) is 10.00 Å². The predicted molar refractivity (Wildman–Crippen MR) is 99.7 cm³/mol. The monoisotopic (exact) mass is 374 g/mol. The number of hydrogen-bond donors (Lipinski definition) is 2. The summed E-state index contributed by atoms with van der Waals surface area (Å²) in [6.45, 7) is 5.59. The minimum Gasteiger partial charge on any atom is -0.497 e. The number of amides is 2. The molecule has 0 unspecified atom stereocenters. The molecule has 1 aromatic carbocycles. The van der Waals surface area contributed by atoms with Crippen molar-refractivity contribution in [1.82, 2.24) is 30.3 Å². The summed E-state index contributed by atoms with van der Waals surface area (Å²) >= 11 is 0. The Balaban J connectivity index is 1.55. The third-order valence-corrected chi connectivity index (χ3v) is 4.74. The van der Waals surface area contributed by atoms with Gasteiger partial charge >= 0.3 is 6.03 Å². The van der Waals surface area contributed by atoms with Crippen molar-refractivity contribution < 1.29 is 14.3 Å². The summed E-state index contributed by atoms with van der Waals surface area (Å²) < 4.78 is 10.7. The van der Waals surface area contributed by atoms with Crippen LogP contribution in [-0.2, 0) is 6.54 Å². The van der Waals surface area contributed by atoms with Crippen molar-refractivity contribution in [1.29, 1.82) is 0 Å². The minimum absolute atomic E-state index is 0.0771. The van der Waals surface area contributed by atoms with Crippen molar-refractivity contribution in [2.45, 2.75) is 19.5 Å². The molecule has 1 aliphatic heterocycles. The number of carbonyl (C=O) groups excluding carboxylic acids is 1. The van der Waals surface area contributed by atoms with Crippen molar-refractivity contribution in [3.8, 4) is 11.5 Å². The van der Waals surface area contributed by atoms with Crippen molar-refractivity contribution >= 4 is 6.03 Å². The van der Waals surface area contributed by atoms with Gasteiger partial charge in [-0.05, 0) is 25.1 Å². The number of ether oxygens (including phenoxy) is 2. The Labute approximate surface area is 158 Å². The van der Waals surface area contributed by atoms with Gasteiger partial charge in [0, 0.05) is 31.7 Å². The van der Waals surface area contributed by atoms with E-state index < -0.39 is 0 Å². The van der Waals surface area contributed by atoms with Crippen LogP contribution in [0, 0.1) is 0 Å². The zero-order chi connectivity index (χ0) is 19.2. The molecule has 2 N–H and O–H groups in total. The highest BCUT2D eigenvalue weighted by Crippen LogP contribution is 2.29. The van der Waals surface area contributed by atoms with Gasteiger partial charge in [-0.2, -0.15) is 5.10 Å². The molecule has 1 atom stereocenters. The number of nitrogens with one attached hydrogen (secondary N) is 2. The molecule has 1 fully saturated rings. The second-order valence-corrected chi connectivity index (χ2v) is 6.47. The molecule has 0 radical (unpaired) electrons. The first-order valence-corrected chi connectivity index (χ1v) is 8.94. The lowest BCUT2D eigenvalue weighted by Crippen LogP contribution is -2.51. The van der Waals surface area contributed by atoms with Crippen LogP contribution in [0.15, 0.2) is 24.5 Å². The van der Waals surface area contributed by atoms with E-state index in [2.05, 4.69) is 25.4 Å². The number of hydrogen-bond acceptors (Lipinski definition) is 6. The number of methoxy groups -OCH3 is 2. The topological polar surface area (TPSA) is 95.6 Å². The van der Waals surface area contributed by atoms with Gasteiger partial charge in [0.2, 0.25) is 0 Å². The van der Waals surface area contributed by atoms with Crippen LogP contribution in [0.1, 0.15) is 24.4 Å². The third kappa shape index (κ3) is 4.68. The Morgan fingerprint density at radius 2 is 2.04 bits per heavy atom. The van der Waals surface area contributed by atoms with Crippen LogP contribution in [0.2, 0.25) is 0 Å². The maximum absolute atomic E-state index is 12.7. The lowest BCUT2D eigenvalue weighted by atomic mass is 10.1. The summed E-state index contributed by atoms with van der Waals surface area (Å²) in [4.78, 5) is 20.9. The van der Waals surface area contributed by atoms with Crippen molar-refractivity contribution in [2.75, 3.05) is 40.4 Å². The molecule has 1 aromatic heterocycles. The third-order valence-electron chi connectivity index (χ3n) is 4.74. The second kappa shape index (κ2) is 8.72. The first kappa shape index (κ1) is 19.0. The zero-order valence-electron chi connectivity index (χ0n) is 15.9. The SMILES string of the molecule is COc1ccc(OC)c([C@@H](C)NC(=O)N2CCN(Cc3ncn[nH]3)CC2)c1. The molecule has 0 saturated carbocycles. The molecule has 9 nitrogen and oxygen atoms in total. The van der Waals surface area contributed by atoms with E-state index >= 15 is 0 Å². The van der Waals surface area contributed by atoms with Gasteiger partial charge in [0.1, 0.15) is 23.7 Å². The van der Waals surface area contributed by atoms with E-state index in [-0.39, 0.29) is 12.1 Å². The average Bonchev–Trinajstić information content (AvgIpc) is 3.21. The number of piperazine rings is 1. The zero-order valence-corrected chi connectivity index (χ0v) is 15.9. The van der Waals surface area contributed by atoms with Gasteiger partial charge in [-0.15, -0.1) is 0 Å². The quantitative estimate of drug-likeness (QED) is 0.794. The van der Waals surface area contributed by atoms with E-state index in [1.54, 1.807) is 14.2 Å². The van der Waals surface area contributed by atoms with E-state index in [9.17, 15) is 4.79 Å². The molecule has 9 heteroatoms. The molecule has 27 heavy (non-hydrogen) atoms. The number of urea groups is 1. The number of benzene rings is 1. The molecular formula is C18H26N6O3. The minimum atomic E-state index is -0.199. The maximum atomic E-state index is 12.7. The van der Waals surface area contributed by atoms with E-state index in [0.717, 1.165) is 36.0 Å². The summed E-state index contributed by atoms with van der Waals surface area (Å²) in [6, 6.07) is 5.30. The maximum Gasteiger partial charge on any atom is 0.317 e. The predicted octanol–water partition coefficient (Wildman–Crippen LogP) is 1.41. The molecule has 1 aliphatic rings. The van der Waals surface area contributed by atoms with Gasteiger partial charge in [0.15, 0.2) is 0 Å². The molecule has 1 saturated heterocycles. The number of aromatic nitrogens is 3. The second-order valence-electron chi connectivity index (χ2n) is 6.47. The first-order chi connectivity index (χ1) is 13.1. The van der Waals surface area contributed by atoms with E-state index in [1.165, 1.54) is 6.33 Å². The van der Waals surface area contributed by atoms with E-state index in [4.69, 9.17) is 9.47 Å². The van der Waals surface area contributed by atoms with Gasteiger partial charge in [0.05, 0.1) is 26.8 Å². The first-order valence-electron chi connectivity index (χ1n) is 8.94. The largest absolute Gasteiger partial charge is 0.497 e. The Morgan fingerprint density at radius 3 is 2.67 bits per heavy atom. The normalized spacial score (nSPS) is 16.0. The highest BCUT2D eigenvalue weighted by molar-refractivity contribution is 5.75. The Morgan fingerprint density at radius 1 is 1.26 bits per heavy atom. The summed E-state index contributed by atoms with van der Waals surface area (Å²) in [5.74, 6) is 2.29. The van der Waals surface area contributed by atoms with Gasteiger partial charge in [0.25, 0.3) is 0 Å². The van der Waals surface area contributed by atoms with Crippen LogP contribution in [0.5, 0.6) is 11.5 Å². The number of H-pyrrole nitrogens is 1. The Bertz CT molecular complexity index is 744. The molecule has 0 bridgehead atoms. The van der Waals surface area contributed by atoms with Crippen molar-refractivity contribution in [2.24, 2.45) is 0 Å². The lowest BCUT2D eigenvalue weighted by molar-refractivity contribution is 0.132. The average molecular weight is 374 g/mol. The van der Waals surface area contributed by atoms with Gasteiger partial charge < -0.3 is 19.7 Å². The number of rotatable bonds is 6. The molecule has 0 spiro atoms. The molecule has 2 amide bonds. The van der Waals surface area contributed by atoms with E-state index in [1.807, 2.05) is 30.0 Å². The van der Waals surface area contributed by atoms with Crippen LogP contribution < -0.4 is 14.8 Å². The fourth-order valence-corrected chi connectivity index (χ4v) is 3.16. The molecule has 0 aliphatic carbocycles. The highest BCUT2D eigenvalue weighted by atomic mass is 16.5. The van der Waals surface area contributed by atoms with Crippen molar-refractivity contribution in [3.05, 3.63) is 35.9 Å². The smallest absolute Gasteiger partial charge is 0.317 e. The molecule has 3 rings (SSSR count). The number of aromatic amines is 1. The fraction of sp³-hybridized carbons (Fsp3) is 0.500. The van der Waals surface area contributed by atoms with Crippen LogP contribution in [-0.4, -0.2) is 71.4 Å². The summed E-state index contributed by atoms with van der Waals surface area (Å²) in [6.07, 6.45) is 1.51. The molecule has 2 heterocycles. The van der Waals surface area contributed by atoms with Crippen LogP contribution in [0.4, 0.5) is 4.79 Å². The van der Waals surface area contributed by atoms with E-state index in [0.29, 0.717) is 19.6 Å². The summed E-state index contributed by atoms with van der Waals surface area (Å²) in [5.41, 5.74) is 0.883. The number of carbonyl (C=O) groups is 1. The Kier molecular flexibility index (Phi) is 6.12. The summed E-state index contributed by atoms with van der Waals surface area (Å²) in [5, 5.41) is 9.78. The van der Waals surface area contributed by atoms with Crippen LogP contribution in [0.3, 0.4) is 0 Å². The van der Waals surface area contributed by atoms with Crippen LogP contribution in [0.25, 0.3) is 0 Å². The fourth-order valence-electron chi connectivity index (χ4n) is 3.16. The standard InChI is InChI=1S/C18H26N6O3/c1-13(15-10-14(26-2)4-5-16(15)27-3)21-18(25)24-8-6-23(7-9-24)11-17-19-12-20-22-17/h4-5,10,12-13H,6-9,11H2,1-3H3,(H,21,25)(H,19,20,22)/t13-/m1/s1. The molecule has 146 valence electrons.